The normalized spacial score (nSPS) is 19.3. The van der Waals surface area contributed by atoms with Gasteiger partial charge in [-0.1, -0.05) is 19.1 Å². The molecule has 0 saturated carbocycles. The molecule has 3 heteroatoms. The SMILES string of the molecule is CCNC(C)c1cccc(OC2CCN(C)CC2)c1. The molecule has 0 spiro atoms. The molecule has 1 N–H and O–H groups in total. The van der Waals surface area contributed by atoms with Gasteiger partial charge in [0.15, 0.2) is 0 Å². The Balaban J connectivity index is 1.95. The Labute approximate surface area is 116 Å². The minimum absolute atomic E-state index is 0.376. The number of piperidine rings is 1. The molecule has 2 rings (SSSR count). The molecule has 0 aliphatic carbocycles. The van der Waals surface area contributed by atoms with Gasteiger partial charge in [0.25, 0.3) is 0 Å². The van der Waals surface area contributed by atoms with Crippen LogP contribution in [0.3, 0.4) is 0 Å². The first-order valence-electron chi connectivity index (χ1n) is 7.37. The molecule has 1 aliphatic heterocycles. The van der Waals surface area contributed by atoms with Gasteiger partial charge >= 0.3 is 0 Å². The molecule has 19 heavy (non-hydrogen) atoms. The predicted molar refractivity (Wildman–Crippen MR) is 79.7 cm³/mol. The van der Waals surface area contributed by atoms with Crippen LogP contribution in [0.1, 0.15) is 38.3 Å². The minimum atomic E-state index is 0.376. The number of hydrogen-bond acceptors (Lipinski definition) is 3. The number of likely N-dealkylation sites (tertiary alicyclic amines) is 1. The summed E-state index contributed by atoms with van der Waals surface area (Å²) >= 11 is 0. The zero-order chi connectivity index (χ0) is 13.7. The van der Waals surface area contributed by atoms with E-state index in [1.165, 1.54) is 5.56 Å². The highest BCUT2D eigenvalue weighted by Crippen LogP contribution is 2.22. The van der Waals surface area contributed by atoms with Gasteiger partial charge in [-0.15, -0.1) is 0 Å². The van der Waals surface area contributed by atoms with Crippen LogP contribution in [0.2, 0.25) is 0 Å². The monoisotopic (exact) mass is 262 g/mol. The van der Waals surface area contributed by atoms with Gasteiger partial charge in [0, 0.05) is 19.1 Å². The van der Waals surface area contributed by atoms with Crippen LogP contribution in [0.25, 0.3) is 0 Å². The molecular formula is C16H26N2O. The maximum absolute atomic E-state index is 6.12. The van der Waals surface area contributed by atoms with E-state index in [-0.39, 0.29) is 0 Å². The fourth-order valence-corrected chi connectivity index (χ4v) is 2.58. The first-order chi connectivity index (χ1) is 9.19. The van der Waals surface area contributed by atoms with Crippen molar-refractivity contribution in [2.45, 2.75) is 38.8 Å². The van der Waals surface area contributed by atoms with Crippen LogP contribution in [-0.2, 0) is 0 Å². The first kappa shape index (κ1) is 14.4. The number of nitrogens with one attached hydrogen (secondary N) is 1. The van der Waals surface area contributed by atoms with E-state index in [4.69, 9.17) is 4.74 Å². The molecule has 1 fully saturated rings. The van der Waals surface area contributed by atoms with Crippen LogP contribution in [0.15, 0.2) is 24.3 Å². The Morgan fingerprint density at radius 2 is 2.11 bits per heavy atom. The summed E-state index contributed by atoms with van der Waals surface area (Å²) in [5.41, 5.74) is 1.30. The number of rotatable bonds is 5. The van der Waals surface area contributed by atoms with Crippen molar-refractivity contribution >= 4 is 0 Å². The molecule has 1 heterocycles. The maximum Gasteiger partial charge on any atom is 0.120 e. The van der Waals surface area contributed by atoms with E-state index < -0.39 is 0 Å². The average Bonchev–Trinajstić information content (AvgIpc) is 2.42. The van der Waals surface area contributed by atoms with Crippen LogP contribution in [-0.4, -0.2) is 37.7 Å². The number of hydrogen-bond donors (Lipinski definition) is 1. The van der Waals surface area contributed by atoms with Gasteiger partial charge in [0.1, 0.15) is 11.9 Å². The van der Waals surface area contributed by atoms with E-state index in [1.807, 2.05) is 0 Å². The highest BCUT2D eigenvalue weighted by Gasteiger charge is 2.18. The Kier molecular flexibility index (Phi) is 5.23. The second kappa shape index (κ2) is 6.92. The second-order valence-corrected chi connectivity index (χ2v) is 5.47. The molecule has 0 amide bonds. The summed E-state index contributed by atoms with van der Waals surface area (Å²) in [4.78, 5) is 2.36. The standard InChI is InChI=1S/C16H26N2O/c1-4-17-13(2)14-6-5-7-16(12-14)19-15-8-10-18(3)11-9-15/h5-7,12-13,15,17H,4,8-11H2,1-3H3. The highest BCUT2D eigenvalue weighted by atomic mass is 16.5. The molecule has 0 aromatic heterocycles. The summed E-state index contributed by atoms with van der Waals surface area (Å²) in [7, 11) is 2.18. The molecular weight excluding hydrogens is 236 g/mol. The third-order valence-corrected chi connectivity index (χ3v) is 3.84. The average molecular weight is 262 g/mol. The summed E-state index contributed by atoms with van der Waals surface area (Å²) in [5, 5.41) is 3.44. The molecule has 1 aromatic rings. The second-order valence-electron chi connectivity index (χ2n) is 5.47. The van der Waals surface area contributed by atoms with Gasteiger partial charge < -0.3 is 15.0 Å². The topological polar surface area (TPSA) is 24.5 Å². The number of ether oxygens (including phenoxy) is 1. The fraction of sp³-hybridized carbons (Fsp3) is 0.625. The van der Waals surface area contributed by atoms with Crippen molar-refractivity contribution in [1.29, 1.82) is 0 Å². The van der Waals surface area contributed by atoms with Crippen molar-refractivity contribution in [3.63, 3.8) is 0 Å². The molecule has 1 unspecified atom stereocenters. The zero-order valence-corrected chi connectivity index (χ0v) is 12.4. The van der Waals surface area contributed by atoms with Crippen LogP contribution in [0.5, 0.6) is 5.75 Å². The van der Waals surface area contributed by atoms with Crippen molar-refractivity contribution in [2.24, 2.45) is 0 Å². The van der Waals surface area contributed by atoms with Crippen LogP contribution < -0.4 is 10.1 Å². The highest BCUT2D eigenvalue weighted by molar-refractivity contribution is 5.30. The lowest BCUT2D eigenvalue weighted by atomic mass is 10.1. The summed E-state index contributed by atoms with van der Waals surface area (Å²) in [5.74, 6) is 1.01. The number of nitrogens with zero attached hydrogens (tertiary/aromatic N) is 1. The molecule has 3 nitrogen and oxygen atoms in total. The van der Waals surface area contributed by atoms with Gasteiger partial charge in [-0.05, 0) is 51.1 Å². The van der Waals surface area contributed by atoms with Crippen molar-refractivity contribution in [3.8, 4) is 5.75 Å². The summed E-state index contributed by atoms with van der Waals surface area (Å²) in [6.07, 6.45) is 2.63. The Bertz CT molecular complexity index is 386. The predicted octanol–water partition coefficient (Wildman–Crippen LogP) is 2.83. The molecule has 1 aromatic carbocycles. The summed E-state index contributed by atoms with van der Waals surface area (Å²) in [6, 6.07) is 8.88. The van der Waals surface area contributed by atoms with Gasteiger partial charge in [-0.25, -0.2) is 0 Å². The molecule has 0 bridgehead atoms. The fourth-order valence-electron chi connectivity index (χ4n) is 2.58. The van der Waals surface area contributed by atoms with Crippen LogP contribution >= 0.6 is 0 Å². The zero-order valence-electron chi connectivity index (χ0n) is 12.4. The van der Waals surface area contributed by atoms with Gasteiger partial charge in [0.2, 0.25) is 0 Å². The van der Waals surface area contributed by atoms with E-state index in [9.17, 15) is 0 Å². The quantitative estimate of drug-likeness (QED) is 0.883. The third-order valence-electron chi connectivity index (χ3n) is 3.84. The third kappa shape index (κ3) is 4.22. The smallest absolute Gasteiger partial charge is 0.120 e. The molecule has 1 saturated heterocycles. The molecule has 1 aliphatic rings. The summed E-state index contributed by atoms with van der Waals surface area (Å²) < 4.78 is 6.12. The van der Waals surface area contributed by atoms with Gasteiger partial charge in [-0.2, -0.15) is 0 Å². The first-order valence-corrected chi connectivity index (χ1v) is 7.37. The van der Waals surface area contributed by atoms with Gasteiger partial charge in [-0.3, -0.25) is 0 Å². The van der Waals surface area contributed by atoms with E-state index in [1.54, 1.807) is 0 Å². The molecule has 0 radical (unpaired) electrons. The van der Waals surface area contributed by atoms with E-state index >= 15 is 0 Å². The van der Waals surface area contributed by atoms with Crippen molar-refractivity contribution < 1.29 is 4.74 Å². The lowest BCUT2D eigenvalue weighted by molar-refractivity contribution is 0.114. The minimum Gasteiger partial charge on any atom is -0.490 e. The van der Waals surface area contributed by atoms with Crippen molar-refractivity contribution in [3.05, 3.63) is 29.8 Å². The summed E-state index contributed by atoms with van der Waals surface area (Å²) in [6.45, 7) is 7.59. The van der Waals surface area contributed by atoms with E-state index in [0.717, 1.165) is 38.2 Å². The lowest BCUT2D eigenvalue weighted by Crippen LogP contribution is -2.35. The Hall–Kier alpha value is -1.06. The lowest BCUT2D eigenvalue weighted by Gasteiger charge is -2.29. The van der Waals surface area contributed by atoms with Crippen molar-refractivity contribution in [1.82, 2.24) is 10.2 Å². The van der Waals surface area contributed by atoms with Crippen molar-refractivity contribution in [2.75, 3.05) is 26.7 Å². The van der Waals surface area contributed by atoms with Crippen LogP contribution in [0.4, 0.5) is 0 Å². The van der Waals surface area contributed by atoms with E-state index in [0.29, 0.717) is 12.1 Å². The number of benzene rings is 1. The Morgan fingerprint density at radius 1 is 1.37 bits per heavy atom. The molecule has 106 valence electrons. The molecule has 1 atom stereocenters. The largest absolute Gasteiger partial charge is 0.490 e. The van der Waals surface area contributed by atoms with Gasteiger partial charge in [0.05, 0.1) is 0 Å². The Morgan fingerprint density at radius 3 is 2.79 bits per heavy atom. The van der Waals surface area contributed by atoms with Crippen LogP contribution in [0, 0.1) is 0 Å². The maximum atomic E-state index is 6.12. The van der Waals surface area contributed by atoms with E-state index in [2.05, 4.69) is 55.4 Å².